The van der Waals surface area contributed by atoms with Crippen molar-refractivity contribution in [1.29, 1.82) is 0 Å². The molecule has 1 amide bonds. The predicted octanol–water partition coefficient (Wildman–Crippen LogP) is 3.49. The Balaban J connectivity index is 1.82. The molecule has 0 spiro atoms. The fourth-order valence-electron chi connectivity index (χ4n) is 3.24. The van der Waals surface area contributed by atoms with Crippen LogP contribution >= 0.6 is 0 Å². The van der Waals surface area contributed by atoms with Crippen LogP contribution in [0.2, 0.25) is 0 Å². The Morgan fingerprint density at radius 2 is 1.87 bits per heavy atom. The number of carbonyl (C=O) groups is 1. The molecule has 1 unspecified atom stereocenters. The van der Waals surface area contributed by atoms with E-state index >= 15 is 0 Å². The first-order chi connectivity index (χ1) is 11.3. The second-order valence-corrected chi connectivity index (χ2v) is 6.07. The smallest absolute Gasteiger partial charge is 0.225 e. The molecule has 0 aliphatic carbocycles. The van der Waals surface area contributed by atoms with E-state index in [1.807, 2.05) is 47.6 Å². The van der Waals surface area contributed by atoms with Crippen LogP contribution in [0.3, 0.4) is 0 Å². The quantitative estimate of drug-likeness (QED) is 0.847. The lowest BCUT2D eigenvalue weighted by Gasteiger charge is -2.29. The standard InChI is InChI=1S/C19H24N2O2/c1-23-17-9-7-8-16(14-17)18(20-10-5-6-11-20)15-19(22)21-12-3-2-4-13-21/h5-11,14,18H,2-4,12-13,15H2,1H3. The van der Waals surface area contributed by atoms with Crippen LogP contribution in [0.4, 0.5) is 0 Å². The fraction of sp³-hybridized carbons (Fsp3) is 0.421. The van der Waals surface area contributed by atoms with Crippen molar-refractivity contribution in [2.45, 2.75) is 31.7 Å². The highest BCUT2D eigenvalue weighted by Crippen LogP contribution is 2.27. The first-order valence-electron chi connectivity index (χ1n) is 8.32. The molecule has 0 N–H and O–H groups in total. The molecule has 4 heteroatoms. The number of rotatable bonds is 5. The zero-order chi connectivity index (χ0) is 16.1. The summed E-state index contributed by atoms with van der Waals surface area (Å²) in [5, 5.41) is 0. The zero-order valence-electron chi connectivity index (χ0n) is 13.6. The molecule has 1 atom stereocenters. The molecular formula is C19H24N2O2. The van der Waals surface area contributed by atoms with E-state index in [-0.39, 0.29) is 11.9 Å². The van der Waals surface area contributed by atoms with Crippen LogP contribution in [0.25, 0.3) is 0 Å². The third kappa shape index (κ3) is 3.76. The number of nitrogens with zero attached hydrogens (tertiary/aromatic N) is 2. The average molecular weight is 312 g/mol. The lowest BCUT2D eigenvalue weighted by molar-refractivity contribution is -0.132. The Morgan fingerprint density at radius 3 is 2.57 bits per heavy atom. The van der Waals surface area contributed by atoms with Gasteiger partial charge in [0, 0.05) is 25.5 Å². The van der Waals surface area contributed by atoms with Gasteiger partial charge in [-0.15, -0.1) is 0 Å². The summed E-state index contributed by atoms with van der Waals surface area (Å²) in [6.45, 7) is 1.80. The van der Waals surface area contributed by atoms with E-state index in [0.717, 1.165) is 37.2 Å². The van der Waals surface area contributed by atoms with Gasteiger partial charge in [-0.2, -0.15) is 0 Å². The van der Waals surface area contributed by atoms with Gasteiger partial charge in [0.25, 0.3) is 0 Å². The van der Waals surface area contributed by atoms with Gasteiger partial charge >= 0.3 is 0 Å². The summed E-state index contributed by atoms with van der Waals surface area (Å²) < 4.78 is 7.45. The Morgan fingerprint density at radius 1 is 1.13 bits per heavy atom. The topological polar surface area (TPSA) is 34.5 Å². The number of aromatic nitrogens is 1. The van der Waals surface area contributed by atoms with Crippen molar-refractivity contribution in [3.63, 3.8) is 0 Å². The van der Waals surface area contributed by atoms with E-state index in [1.165, 1.54) is 6.42 Å². The van der Waals surface area contributed by atoms with Crippen LogP contribution in [0.1, 0.15) is 37.3 Å². The van der Waals surface area contributed by atoms with Crippen LogP contribution < -0.4 is 4.74 Å². The SMILES string of the molecule is COc1cccc(C(CC(=O)N2CCCCC2)n2cccc2)c1. The third-order valence-electron chi connectivity index (χ3n) is 4.54. The summed E-state index contributed by atoms with van der Waals surface area (Å²) in [7, 11) is 1.67. The van der Waals surface area contributed by atoms with Gasteiger partial charge in [0.1, 0.15) is 5.75 Å². The number of likely N-dealkylation sites (tertiary alicyclic amines) is 1. The molecule has 1 aliphatic rings. The van der Waals surface area contributed by atoms with Gasteiger partial charge in [-0.25, -0.2) is 0 Å². The molecule has 0 bridgehead atoms. The lowest BCUT2D eigenvalue weighted by Crippen LogP contribution is -2.36. The number of hydrogen-bond donors (Lipinski definition) is 0. The van der Waals surface area contributed by atoms with Crippen molar-refractivity contribution >= 4 is 5.91 Å². The van der Waals surface area contributed by atoms with Gasteiger partial charge in [0.2, 0.25) is 5.91 Å². The highest BCUT2D eigenvalue weighted by molar-refractivity contribution is 5.77. The fourth-order valence-corrected chi connectivity index (χ4v) is 3.24. The number of methoxy groups -OCH3 is 1. The molecule has 1 aliphatic heterocycles. The maximum atomic E-state index is 12.7. The third-order valence-corrected chi connectivity index (χ3v) is 4.54. The second-order valence-electron chi connectivity index (χ2n) is 6.07. The van der Waals surface area contributed by atoms with Gasteiger partial charge in [0.05, 0.1) is 19.6 Å². The van der Waals surface area contributed by atoms with Crippen LogP contribution in [0.5, 0.6) is 5.75 Å². The number of carbonyl (C=O) groups excluding carboxylic acids is 1. The largest absolute Gasteiger partial charge is 0.497 e. The molecule has 0 radical (unpaired) electrons. The van der Waals surface area contributed by atoms with E-state index in [1.54, 1.807) is 7.11 Å². The Kier molecular flexibility index (Phi) is 5.01. The molecule has 23 heavy (non-hydrogen) atoms. The van der Waals surface area contributed by atoms with Crippen LogP contribution in [-0.2, 0) is 4.79 Å². The van der Waals surface area contributed by atoms with E-state index < -0.39 is 0 Å². The van der Waals surface area contributed by atoms with Gasteiger partial charge < -0.3 is 14.2 Å². The number of piperidine rings is 1. The van der Waals surface area contributed by atoms with Crippen LogP contribution in [-0.4, -0.2) is 35.6 Å². The van der Waals surface area contributed by atoms with E-state index in [2.05, 4.69) is 10.6 Å². The first-order valence-corrected chi connectivity index (χ1v) is 8.32. The summed E-state index contributed by atoms with van der Waals surface area (Å²) >= 11 is 0. The maximum Gasteiger partial charge on any atom is 0.225 e. The molecular weight excluding hydrogens is 288 g/mol. The predicted molar refractivity (Wildman–Crippen MR) is 90.6 cm³/mol. The highest BCUT2D eigenvalue weighted by atomic mass is 16.5. The summed E-state index contributed by atoms with van der Waals surface area (Å²) in [5.41, 5.74) is 1.10. The van der Waals surface area contributed by atoms with E-state index in [0.29, 0.717) is 6.42 Å². The highest BCUT2D eigenvalue weighted by Gasteiger charge is 2.23. The summed E-state index contributed by atoms with van der Waals surface area (Å²) in [6.07, 6.45) is 8.02. The molecule has 1 saturated heterocycles. The minimum absolute atomic E-state index is 0.00882. The molecule has 1 aromatic carbocycles. The van der Waals surface area contributed by atoms with Crippen molar-refractivity contribution in [3.05, 3.63) is 54.4 Å². The van der Waals surface area contributed by atoms with Crippen molar-refractivity contribution in [2.24, 2.45) is 0 Å². The summed E-state index contributed by atoms with van der Waals surface area (Å²) in [5.74, 6) is 1.07. The number of ether oxygens (including phenoxy) is 1. The van der Waals surface area contributed by atoms with E-state index in [9.17, 15) is 4.79 Å². The Labute approximate surface area is 137 Å². The van der Waals surface area contributed by atoms with Crippen molar-refractivity contribution in [2.75, 3.05) is 20.2 Å². The first kappa shape index (κ1) is 15.7. The molecule has 2 heterocycles. The summed E-state index contributed by atoms with van der Waals surface area (Å²) in [6, 6.07) is 12.0. The normalized spacial score (nSPS) is 16.1. The van der Waals surface area contributed by atoms with Crippen LogP contribution in [0, 0.1) is 0 Å². The van der Waals surface area contributed by atoms with E-state index in [4.69, 9.17) is 4.74 Å². The Hall–Kier alpha value is -2.23. The molecule has 122 valence electrons. The second kappa shape index (κ2) is 7.36. The van der Waals surface area contributed by atoms with Crippen molar-refractivity contribution in [1.82, 2.24) is 9.47 Å². The van der Waals surface area contributed by atoms with Gasteiger partial charge in [-0.1, -0.05) is 12.1 Å². The van der Waals surface area contributed by atoms with Crippen molar-refractivity contribution < 1.29 is 9.53 Å². The zero-order valence-corrected chi connectivity index (χ0v) is 13.6. The van der Waals surface area contributed by atoms with Crippen molar-refractivity contribution in [3.8, 4) is 5.75 Å². The maximum absolute atomic E-state index is 12.7. The van der Waals surface area contributed by atoms with Crippen LogP contribution in [0.15, 0.2) is 48.8 Å². The summed E-state index contributed by atoms with van der Waals surface area (Å²) in [4.78, 5) is 14.7. The molecule has 2 aromatic rings. The van der Waals surface area contributed by atoms with Gasteiger partial charge in [-0.05, 0) is 49.1 Å². The minimum Gasteiger partial charge on any atom is -0.497 e. The lowest BCUT2D eigenvalue weighted by atomic mass is 10.0. The molecule has 4 nitrogen and oxygen atoms in total. The minimum atomic E-state index is 0.00882. The van der Waals surface area contributed by atoms with Gasteiger partial charge in [0.15, 0.2) is 0 Å². The number of amides is 1. The molecule has 0 saturated carbocycles. The molecule has 3 rings (SSSR count). The molecule has 1 fully saturated rings. The van der Waals surface area contributed by atoms with Gasteiger partial charge in [-0.3, -0.25) is 4.79 Å². The number of benzene rings is 1. The number of hydrogen-bond acceptors (Lipinski definition) is 2. The Bertz CT molecular complexity index is 631. The average Bonchev–Trinajstić information content (AvgIpc) is 3.14. The monoisotopic (exact) mass is 312 g/mol. The molecule has 1 aromatic heterocycles.